The lowest BCUT2D eigenvalue weighted by Crippen LogP contribution is -2.26. The average molecular weight is 327 g/mol. The number of aliphatic hydroxyl groups is 1. The highest BCUT2D eigenvalue weighted by molar-refractivity contribution is 7.89. The first-order valence-corrected chi connectivity index (χ1v) is 8.18. The van der Waals surface area contributed by atoms with Crippen LogP contribution < -0.4 is 4.72 Å². The van der Waals surface area contributed by atoms with Crippen molar-refractivity contribution in [2.45, 2.75) is 17.4 Å². The third-order valence-electron chi connectivity index (χ3n) is 2.89. The van der Waals surface area contributed by atoms with Gasteiger partial charge in [-0.05, 0) is 36.2 Å². The van der Waals surface area contributed by atoms with Crippen LogP contribution in [0.4, 0.5) is 0 Å². The Kier molecular flexibility index (Phi) is 5.30. The number of aliphatic hydroxyl groups excluding tert-OH is 1. The standard InChI is InChI=1S/C14H15ClN2O3S/c15-12-4-1-3-11(9-12)14(18)6-8-17-21(19,20)13-5-2-7-16-10-13/h1-5,7,9-10,14,17-18H,6,8H2/t14-/m0/s1. The number of nitrogens with zero attached hydrogens (tertiary/aromatic N) is 1. The first-order chi connectivity index (χ1) is 9.99. The molecule has 0 aliphatic heterocycles. The van der Waals surface area contributed by atoms with Gasteiger partial charge in [0.15, 0.2) is 0 Å². The van der Waals surface area contributed by atoms with Crippen molar-refractivity contribution in [1.29, 1.82) is 0 Å². The summed E-state index contributed by atoms with van der Waals surface area (Å²) >= 11 is 5.85. The number of aromatic nitrogens is 1. The van der Waals surface area contributed by atoms with Crippen LogP contribution in [-0.2, 0) is 10.0 Å². The molecule has 0 fully saturated rings. The second-order valence-electron chi connectivity index (χ2n) is 4.45. The van der Waals surface area contributed by atoms with Crippen molar-refractivity contribution >= 4 is 21.6 Å². The summed E-state index contributed by atoms with van der Waals surface area (Å²) in [6, 6.07) is 9.86. The van der Waals surface area contributed by atoms with Gasteiger partial charge in [-0.2, -0.15) is 0 Å². The maximum atomic E-state index is 12.0. The normalized spacial score (nSPS) is 13.0. The van der Waals surface area contributed by atoms with Crippen LogP contribution in [0.2, 0.25) is 5.02 Å². The molecule has 21 heavy (non-hydrogen) atoms. The van der Waals surface area contributed by atoms with Crippen LogP contribution >= 0.6 is 11.6 Å². The van der Waals surface area contributed by atoms with E-state index in [1.54, 1.807) is 30.3 Å². The van der Waals surface area contributed by atoms with Gasteiger partial charge in [-0.25, -0.2) is 13.1 Å². The molecule has 0 saturated heterocycles. The summed E-state index contributed by atoms with van der Waals surface area (Å²) in [6.07, 6.45) is 2.25. The lowest BCUT2D eigenvalue weighted by atomic mass is 10.1. The van der Waals surface area contributed by atoms with Gasteiger partial charge in [0.05, 0.1) is 6.10 Å². The van der Waals surface area contributed by atoms with Crippen molar-refractivity contribution < 1.29 is 13.5 Å². The van der Waals surface area contributed by atoms with Crippen LogP contribution in [0, 0.1) is 0 Å². The Morgan fingerprint density at radius 3 is 2.76 bits per heavy atom. The molecule has 112 valence electrons. The molecule has 0 aliphatic carbocycles. The van der Waals surface area contributed by atoms with E-state index in [0.29, 0.717) is 10.6 Å². The van der Waals surface area contributed by atoms with Crippen LogP contribution in [-0.4, -0.2) is 25.1 Å². The quantitative estimate of drug-likeness (QED) is 0.852. The number of pyridine rings is 1. The molecule has 2 N–H and O–H groups in total. The number of halogens is 1. The summed E-state index contributed by atoms with van der Waals surface area (Å²) in [6.45, 7) is 0.116. The van der Waals surface area contributed by atoms with Gasteiger partial charge in [-0.15, -0.1) is 0 Å². The summed E-state index contributed by atoms with van der Waals surface area (Å²) in [5.41, 5.74) is 0.656. The van der Waals surface area contributed by atoms with Crippen molar-refractivity contribution in [1.82, 2.24) is 9.71 Å². The fourth-order valence-corrected chi connectivity index (χ4v) is 3.01. The van der Waals surface area contributed by atoms with Gasteiger partial charge in [-0.1, -0.05) is 23.7 Å². The second kappa shape index (κ2) is 7.00. The SMILES string of the molecule is O=S(=O)(NCC[C@H](O)c1cccc(Cl)c1)c1cccnc1. The number of sulfonamides is 1. The predicted molar refractivity (Wildman–Crippen MR) is 80.5 cm³/mol. The van der Waals surface area contributed by atoms with Crippen LogP contribution in [0.15, 0.2) is 53.7 Å². The minimum atomic E-state index is -3.60. The summed E-state index contributed by atoms with van der Waals surface area (Å²) in [5, 5.41) is 10.5. The summed E-state index contributed by atoms with van der Waals surface area (Å²) in [4.78, 5) is 3.87. The molecule has 0 radical (unpaired) electrons. The van der Waals surface area contributed by atoms with Gasteiger partial charge >= 0.3 is 0 Å². The lowest BCUT2D eigenvalue weighted by Gasteiger charge is -2.12. The van der Waals surface area contributed by atoms with E-state index in [0.717, 1.165) is 0 Å². The summed E-state index contributed by atoms with van der Waals surface area (Å²) < 4.78 is 26.3. The van der Waals surface area contributed by atoms with Crippen molar-refractivity contribution in [2.24, 2.45) is 0 Å². The van der Waals surface area contributed by atoms with Crippen molar-refractivity contribution in [2.75, 3.05) is 6.54 Å². The van der Waals surface area contributed by atoms with Crippen molar-refractivity contribution in [3.8, 4) is 0 Å². The van der Waals surface area contributed by atoms with E-state index in [9.17, 15) is 13.5 Å². The smallest absolute Gasteiger partial charge is 0.242 e. The molecule has 0 saturated carbocycles. The highest BCUT2D eigenvalue weighted by atomic mass is 35.5. The molecule has 0 aliphatic rings. The molecule has 2 aromatic rings. The molecular weight excluding hydrogens is 312 g/mol. The third-order valence-corrected chi connectivity index (χ3v) is 4.57. The van der Waals surface area contributed by atoms with Gasteiger partial charge in [-0.3, -0.25) is 4.98 Å². The van der Waals surface area contributed by atoms with Gasteiger partial charge in [0, 0.05) is 24.0 Å². The molecule has 1 aromatic heterocycles. The molecule has 7 heteroatoms. The molecular formula is C14H15ClN2O3S. The first kappa shape index (κ1) is 15.9. The third kappa shape index (κ3) is 4.50. The number of benzene rings is 1. The van der Waals surface area contributed by atoms with Crippen molar-refractivity contribution in [3.05, 3.63) is 59.4 Å². The van der Waals surface area contributed by atoms with E-state index in [1.807, 2.05) is 0 Å². The van der Waals surface area contributed by atoms with Crippen LogP contribution in [0.3, 0.4) is 0 Å². The Hall–Kier alpha value is -1.47. The van der Waals surface area contributed by atoms with Crippen LogP contribution in [0.5, 0.6) is 0 Å². The Labute approximate surface area is 128 Å². The molecule has 1 aromatic carbocycles. The Morgan fingerprint density at radius 1 is 1.29 bits per heavy atom. The summed E-state index contributed by atoms with van der Waals surface area (Å²) in [7, 11) is -3.60. The first-order valence-electron chi connectivity index (χ1n) is 6.32. The van der Waals surface area contributed by atoms with Gasteiger partial charge in [0.2, 0.25) is 10.0 Å². The maximum Gasteiger partial charge on any atom is 0.242 e. The number of nitrogens with one attached hydrogen (secondary N) is 1. The monoisotopic (exact) mass is 326 g/mol. The number of rotatable bonds is 6. The largest absolute Gasteiger partial charge is 0.388 e. The zero-order valence-corrected chi connectivity index (χ0v) is 12.7. The minimum Gasteiger partial charge on any atom is -0.388 e. The number of hydrogen-bond donors (Lipinski definition) is 2. The predicted octanol–water partition coefficient (Wildman–Crippen LogP) is 2.14. The average Bonchev–Trinajstić information content (AvgIpc) is 2.48. The molecule has 2 rings (SSSR count). The highest BCUT2D eigenvalue weighted by Crippen LogP contribution is 2.20. The Morgan fingerprint density at radius 2 is 2.10 bits per heavy atom. The van der Waals surface area contributed by atoms with E-state index in [4.69, 9.17) is 11.6 Å². The van der Waals surface area contributed by atoms with E-state index in [-0.39, 0.29) is 17.9 Å². The fourth-order valence-electron chi connectivity index (χ4n) is 1.80. The zero-order chi connectivity index (χ0) is 15.3. The van der Waals surface area contributed by atoms with Gasteiger partial charge < -0.3 is 5.11 Å². The molecule has 0 unspecified atom stereocenters. The number of hydrogen-bond acceptors (Lipinski definition) is 4. The Bertz CT molecular complexity index is 692. The Balaban J connectivity index is 1.92. The van der Waals surface area contributed by atoms with Gasteiger partial charge in [0.1, 0.15) is 4.90 Å². The van der Waals surface area contributed by atoms with Crippen LogP contribution in [0.25, 0.3) is 0 Å². The molecule has 0 amide bonds. The van der Waals surface area contributed by atoms with Gasteiger partial charge in [0.25, 0.3) is 0 Å². The molecule has 1 heterocycles. The molecule has 5 nitrogen and oxygen atoms in total. The highest BCUT2D eigenvalue weighted by Gasteiger charge is 2.15. The fraction of sp³-hybridized carbons (Fsp3) is 0.214. The van der Waals surface area contributed by atoms with Crippen LogP contribution in [0.1, 0.15) is 18.1 Å². The van der Waals surface area contributed by atoms with E-state index in [1.165, 1.54) is 18.5 Å². The maximum absolute atomic E-state index is 12.0. The topological polar surface area (TPSA) is 79.3 Å². The molecule has 1 atom stereocenters. The lowest BCUT2D eigenvalue weighted by molar-refractivity contribution is 0.169. The summed E-state index contributed by atoms with van der Waals surface area (Å²) in [5.74, 6) is 0. The van der Waals surface area contributed by atoms with E-state index < -0.39 is 16.1 Å². The second-order valence-corrected chi connectivity index (χ2v) is 6.65. The molecule has 0 spiro atoms. The molecule has 0 bridgehead atoms. The van der Waals surface area contributed by atoms with Crippen molar-refractivity contribution in [3.63, 3.8) is 0 Å². The van der Waals surface area contributed by atoms with E-state index in [2.05, 4.69) is 9.71 Å². The minimum absolute atomic E-state index is 0.0993. The van der Waals surface area contributed by atoms with E-state index >= 15 is 0 Å². The zero-order valence-electron chi connectivity index (χ0n) is 11.1.